The minimum absolute atomic E-state index is 0.385. The number of nitrogens with zero attached hydrogens (tertiary/aromatic N) is 4. The van der Waals surface area contributed by atoms with Crippen molar-refractivity contribution in [2.45, 2.75) is 26.2 Å². The van der Waals surface area contributed by atoms with Crippen molar-refractivity contribution in [2.75, 3.05) is 9.80 Å². The first kappa shape index (κ1) is 82.0. The van der Waals surface area contributed by atoms with Crippen LogP contribution < -0.4 is 26.2 Å². The highest BCUT2D eigenvalue weighted by atomic mass is 15.2. The third-order valence-corrected chi connectivity index (χ3v) is 31.0. The van der Waals surface area contributed by atoms with Gasteiger partial charge in [-0.1, -0.05) is 409 Å². The zero-order chi connectivity index (χ0) is 94.4. The van der Waals surface area contributed by atoms with Gasteiger partial charge in [0.15, 0.2) is 0 Å². The molecule has 0 saturated heterocycles. The predicted octanol–water partition coefficient (Wildman–Crippen LogP) is 35.8. The second kappa shape index (κ2) is 32.2. The molecule has 0 radical (unpaired) electrons. The van der Waals surface area contributed by atoms with Crippen molar-refractivity contribution < 1.29 is 0 Å². The van der Waals surface area contributed by atoms with Crippen LogP contribution in [0.25, 0.3) is 230 Å². The van der Waals surface area contributed by atoms with E-state index in [2.05, 4.69) is 537 Å². The van der Waals surface area contributed by atoms with E-state index in [1.807, 2.05) is 0 Å². The normalized spacial score (nSPS) is 12.5. The van der Waals surface area contributed by atoms with Crippen molar-refractivity contribution in [3.63, 3.8) is 0 Å². The van der Waals surface area contributed by atoms with Gasteiger partial charge in [0.25, 0.3) is 6.71 Å². The Balaban J connectivity index is 0.778. The van der Waals surface area contributed by atoms with E-state index in [4.69, 9.17) is 0 Å². The number of benzene rings is 25. The van der Waals surface area contributed by atoms with Crippen molar-refractivity contribution >= 4 is 187 Å². The Kier molecular flexibility index (Phi) is 18.5. The SMILES string of the molecule is CC(C)(C)c1cc2c3c(c1)N(c1c(-c4ccccc4)cc(-c4ccc5ccccc5c4)cc1-c1ccccc1)c1cc(-n4c5ccc(-c6ccc7ccccc7c6)cc5c5c6ccccc6c6ccccc6c54)ccc1B3c1ccc(-n3c4ccc(-c5ccc6ccccc6c5)cc4c4c5ccccc5c5ccccc5c43)cc1N2c1c(-c2ccccc2)cc(-c2ccc3ccccc3c2)cc1-c1ccccc1. The largest absolute Gasteiger partial charge is 0.310 e. The Labute approximate surface area is 829 Å². The topological polar surface area (TPSA) is 16.3 Å². The average Bonchev–Trinajstić information content (AvgIpc) is 1.12. The molecule has 0 fully saturated rings. The van der Waals surface area contributed by atoms with Gasteiger partial charge >= 0.3 is 0 Å². The summed E-state index contributed by atoms with van der Waals surface area (Å²) in [4.78, 5) is 5.54. The molecule has 0 spiro atoms. The van der Waals surface area contributed by atoms with E-state index in [-0.39, 0.29) is 6.71 Å². The molecule has 25 aromatic carbocycles. The maximum atomic E-state index is 2.77. The first-order valence-electron chi connectivity index (χ1n) is 49.9. The van der Waals surface area contributed by atoms with Gasteiger partial charge in [0.05, 0.1) is 33.4 Å². The summed E-state index contributed by atoms with van der Waals surface area (Å²) in [6.07, 6.45) is 0. The second-order valence-electron chi connectivity index (χ2n) is 40.1. The average molecular weight is 1820 g/mol. The van der Waals surface area contributed by atoms with Crippen molar-refractivity contribution in [1.82, 2.24) is 9.13 Å². The molecule has 0 N–H and O–H groups in total. The van der Waals surface area contributed by atoms with Crippen LogP contribution in [0.1, 0.15) is 26.3 Å². The molecule has 2 aliphatic heterocycles. The zero-order valence-electron chi connectivity index (χ0n) is 79.2. The molecule has 666 valence electrons. The lowest BCUT2D eigenvalue weighted by Gasteiger charge is -2.46. The number of aromatic nitrogens is 2. The van der Waals surface area contributed by atoms with Gasteiger partial charge in [-0.3, -0.25) is 0 Å². The molecule has 2 aliphatic rings. The third kappa shape index (κ3) is 13.0. The Morgan fingerprint density at radius 1 is 0.189 bits per heavy atom. The second-order valence-corrected chi connectivity index (χ2v) is 40.1. The molecule has 0 atom stereocenters. The number of anilines is 6. The molecule has 4 heterocycles. The number of hydrogen-bond donors (Lipinski definition) is 0. The lowest BCUT2D eigenvalue weighted by molar-refractivity contribution is 0.590. The summed E-state index contributed by atoms with van der Waals surface area (Å²) in [5.41, 5.74) is 35.5. The molecule has 2 aromatic heterocycles. The predicted molar refractivity (Wildman–Crippen MR) is 611 cm³/mol. The molecular formula is C138H91BN4. The molecule has 0 bridgehead atoms. The van der Waals surface area contributed by atoms with Crippen molar-refractivity contribution in [1.29, 1.82) is 0 Å². The fourth-order valence-electron chi connectivity index (χ4n) is 24.3. The van der Waals surface area contributed by atoms with Gasteiger partial charge in [0.1, 0.15) is 0 Å². The quantitative estimate of drug-likeness (QED) is 0.0895. The third-order valence-electron chi connectivity index (χ3n) is 31.0. The number of rotatable bonds is 12. The van der Waals surface area contributed by atoms with Crippen LogP contribution in [-0.4, -0.2) is 15.8 Å². The maximum Gasteiger partial charge on any atom is 0.252 e. The summed E-state index contributed by atoms with van der Waals surface area (Å²) in [6, 6.07) is 190. The lowest BCUT2D eigenvalue weighted by atomic mass is 9.33. The summed E-state index contributed by atoms with van der Waals surface area (Å²) >= 11 is 0. The van der Waals surface area contributed by atoms with Gasteiger partial charge in [-0.2, -0.15) is 0 Å². The van der Waals surface area contributed by atoms with Crippen LogP contribution in [-0.2, 0) is 5.41 Å². The molecule has 0 unspecified atom stereocenters. The van der Waals surface area contributed by atoms with Gasteiger partial charge in [-0.15, -0.1) is 0 Å². The summed E-state index contributed by atoms with van der Waals surface area (Å²) < 4.78 is 5.27. The monoisotopic (exact) mass is 1810 g/mol. The summed E-state index contributed by atoms with van der Waals surface area (Å²) in [5.74, 6) is 0. The Bertz CT molecular complexity index is 9360. The molecule has 0 amide bonds. The molecule has 29 rings (SSSR count). The highest BCUT2D eigenvalue weighted by molar-refractivity contribution is 7.00. The van der Waals surface area contributed by atoms with Crippen LogP contribution >= 0.6 is 0 Å². The van der Waals surface area contributed by atoms with Crippen molar-refractivity contribution in [3.8, 4) is 100 Å². The van der Waals surface area contributed by atoms with E-state index in [1.165, 1.54) is 152 Å². The molecule has 27 aromatic rings. The molecule has 143 heavy (non-hydrogen) atoms. The highest BCUT2D eigenvalue weighted by Crippen LogP contribution is 2.58. The summed E-state index contributed by atoms with van der Waals surface area (Å²) in [7, 11) is 0. The Hall–Kier alpha value is -18.2. The lowest BCUT2D eigenvalue weighted by Crippen LogP contribution is -2.61. The fourth-order valence-corrected chi connectivity index (χ4v) is 24.3. The van der Waals surface area contributed by atoms with E-state index >= 15 is 0 Å². The maximum absolute atomic E-state index is 2.77. The molecule has 5 heteroatoms. The molecule has 0 saturated carbocycles. The number of hydrogen-bond acceptors (Lipinski definition) is 2. The van der Waals surface area contributed by atoms with Crippen LogP contribution in [0.2, 0.25) is 0 Å². The molecule has 4 nitrogen and oxygen atoms in total. The van der Waals surface area contributed by atoms with E-state index in [0.29, 0.717) is 0 Å². The van der Waals surface area contributed by atoms with E-state index in [1.54, 1.807) is 0 Å². The van der Waals surface area contributed by atoms with Crippen molar-refractivity contribution in [2.24, 2.45) is 0 Å². The van der Waals surface area contributed by atoms with Crippen LogP contribution in [0.4, 0.5) is 34.1 Å². The van der Waals surface area contributed by atoms with Gasteiger partial charge < -0.3 is 18.9 Å². The van der Waals surface area contributed by atoms with Crippen LogP contribution in [0.3, 0.4) is 0 Å². The zero-order valence-corrected chi connectivity index (χ0v) is 79.2. The highest BCUT2D eigenvalue weighted by Gasteiger charge is 2.47. The first-order valence-corrected chi connectivity index (χ1v) is 49.9. The van der Waals surface area contributed by atoms with Gasteiger partial charge in [0, 0.05) is 88.7 Å². The smallest absolute Gasteiger partial charge is 0.252 e. The standard InChI is InChI=1S/C138H91BN4/c1-138(2,3)106-82-129-133-130(83-106)143(135-119(92-40-12-6-13-41-92)80-105(81-120(135)93-42-14-7-15-43-93)101-63-59-89-35-19-23-47-97(89)75-101)128-85-108(141-126-71-65-103(99-61-57-87-33-17-21-45-95(87)73-99)77-122(126)132-114-53-29-25-49-110(114)112-51-27-31-55-116(112)137(132)141)67-69-124(128)139(133)123-68-66-107(84-127(123)142(129)134-117(90-36-8-4-9-37-90)78-104(79-118(134)91-38-10-5-11-39-91)100-62-58-88-34-18-22-46-96(88)74-100)140-125-70-64-102(98-60-56-86-32-16-20-44-94(86)72-98)76-121(125)131-113-52-28-24-48-109(113)111-50-26-30-54-115(111)136(131)140/h4-85H,1-3H3. The number of fused-ring (bicyclic) bond motifs is 24. The van der Waals surface area contributed by atoms with Crippen molar-refractivity contribution in [3.05, 3.63) is 503 Å². The van der Waals surface area contributed by atoms with Gasteiger partial charge in [0.2, 0.25) is 0 Å². The Morgan fingerprint density at radius 2 is 0.462 bits per heavy atom. The molecule has 0 aliphatic carbocycles. The first-order chi connectivity index (χ1) is 70.5. The minimum Gasteiger partial charge on any atom is -0.310 e. The minimum atomic E-state index is -0.450. The van der Waals surface area contributed by atoms with Crippen LogP contribution in [0.5, 0.6) is 0 Å². The van der Waals surface area contributed by atoms with Crippen LogP contribution in [0, 0.1) is 0 Å². The summed E-state index contributed by atoms with van der Waals surface area (Å²) in [5, 5.41) is 24.2. The van der Waals surface area contributed by atoms with E-state index in [0.717, 1.165) is 134 Å². The Morgan fingerprint density at radius 3 is 0.790 bits per heavy atom. The van der Waals surface area contributed by atoms with E-state index < -0.39 is 5.41 Å². The van der Waals surface area contributed by atoms with E-state index in [9.17, 15) is 0 Å². The van der Waals surface area contributed by atoms with Crippen LogP contribution in [0.15, 0.2) is 497 Å². The fraction of sp³-hybridized carbons (Fsp3) is 0.0290. The molecular weight excluding hydrogens is 1720 g/mol. The summed E-state index contributed by atoms with van der Waals surface area (Å²) in [6.45, 7) is 6.89. The van der Waals surface area contributed by atoms with Gasteiger partial charge in [-0.05, 0) is 279 Å². The van der Waals surface area contributed by atoms with Gasteiger partial charge in [-0.25, -0.2) is 0 Å².